The van der Waals surface area contributed by atoms with Crippen LogP contribution in [0.15, 0.2) is 22.8 Å². The highest BCUT2D eigenvalue weighted by molar-refractivity contribution is 9.09. The first-order chi connectivity index (χ1) is 7.63. The molecule has 0 aromatic carbocycles. The van der Waals surface area contributed by atoms with Crippen LogP contribution in [0.5, 0.6) is 0 Å². The first-order valence-electron chi connectivity index (χ1n) is 5.51. The summed E-state index contributed by atoms with van der Waals surface area (Å²) in [7, 11) is 0. The third-order valence-electron chi connectivity index (χ3n) is 2.66. The van der Waals surface area contributed by atoms with E-state index in [-0.39, 0.29) is 11.9 Å². The maximum absolute atomic E-state index is 11.6. The van der Waals surface area contributed by atoms with E-state index in [1.165, 1.54) is 0 Å². The lowest BCUT2D eigenvalue weighted by molar-refractivity contribution is -0.122. The Labute approximate surface area is 105 Å². The van der Waals surface area contributed by atoms with Gasteiger partial charge in [-0.2, -0.15) is 0 Å². The fourth-order valence-electron chi connectivity index (χ4n) is 1.29. The minimum atomic E-state index is 0.0803. The average molecular weight is 288 g/mol. The molecule has 1 N–H and O–H groups in total. The van der Waals surface area contributed by atoms with Crippen molar-refractivity contribution in [3.05, 3.63) is 24.2 Å². The first kappa shape index (κ1) is 13.3. The number of aryl methyl sites for hydroxylation is 1. The normalized spacial score (nSPS) is 14.4. The summed E-state index contributed by atoms with van der Waals surface area (Å²) < 4.78 is 5.17. The molecule has 90 valence electrons. The van der Waals surface area contributed by atoms with Crippen molar-refractivity contribution in [2.45, 2.75) is 32.7 Å². The van der Waals surface area contributed by atoms with E-state index < -0.39 is 0 Å². The third kappa shape index (κ3) is 4.39. The number of furan rings is 1. The third-order valence-corrected chi connectivity index (χ3v) is 3.69. The van der Waals surface area contributed by atoms with Crippen LogP contribution in [-0.4, -0.2) is 17.3 Å². The highest BCUT2D eigenvalue weighted by Gasteiger charge is 2.13. The number of hydrogen-bond donors (Lipinski definition) is 1. The highest BCUT2D eigenvalue weighted by atomic mass is 79.9. The molecule has 16 heavy (non-hydrogen) atoms. The van der Waals surface area contributed by atoms with Crippen LogP contribution < -0.4 is 5.32 Å². The Bertz CT molecular complexity index is 311. The molecule has 0 aliphatic carbocycles. The summed E-state index contributed by atoms with van der Waals surface area (Å²) in [6.45, 7) is 4.13. The van der Waals surface area contributed by atoms with Gasteiger partial charge in [-0.1, -0.05) is 22.9 Å². The quantitative estimate of drug-likeness (QED) is 0.818. The van der Waals surface area contributed by atoms with Gasteiger partial charge in [-0.05, 0) is 25.0 Å². The summed E-state index contributed by atoms with van der Waals surface area (Å²) in [5.41, 5.74) is 0. The molecule has 1 heterocycles. The van der Waals surface area contributed by atoms with Gasteiger partial charge in [-0.25, -0.2) is 0 Å². The van der Waals surface area contributed by atoms with E-state index in [9.17, 15) is 4.79 Å². The van der Waals surface area contributed by atoms with E-state index in [0.29, 0.717) is 18.8 Å². The standard InChI is InChI=1S/C12H18BrNO2/c1-9(8-13)10(2)14-12(15)6-5-11-4-3-7-16-11/h3-4,7,9-10H,5-6,8H2,1-2H3,(H,14,15). The van der Waals surface area contributed by atoms with E-state index in [2.05, 4.69) is 28.2 Å². The Morgan fingerprint density at radius 2 is 2.31 bits per heavy atom. The molecular formula is C12H18BrNO2. The number of carbonyl (C=O) groups is 1. The molecule has 3 nitrogen and oxygen atoms in total. The lowest BCUT2D eigenvalue weighted by atomic mass is 10.1. The summed E-state index contributed by atoms with van der Waals surface area (Å²) in [4.78, 5) is 11.6. The summed E-state index contributed by atoms with van der Waals surface area (Å²) in [5.74, 6) is 1.38. The second-order valence-electron chi connectivity index (χ2n) is 4.07. The molecule has 0 fully saturated rings. The molecule has 0 bridgehead atoms. The molecule has 4 heteroatoms. The van der Waals surface area contributed by atoms with Crippen molar-refractivity contribution < 1.29 is 9.21 Å². The van der Waals surface area contributed by atoms with E-state index in [1.807, 2.05) is 19.1 Å². The Morgan fingerprint density at radius 1 is 1.56 bits per heavy atom. The van der Waals surface area contributed by atoms with Gasteiger partial charge in [-0.15, -0.1) is 0 Å². The molecule has 2 unspecified atom stereocenters. The predicted molar refractivity (Wildman–Crippen MR) is 67.6 cm³/mol. The smallest absolute Gasteiger partial charge is 0.220 e. The Morgan fingerprint density at radius 3 is 2.88 bits per heavy atom. The zero-order chi connectivity index (χ0) is 12.0. The molecule has 0 saturated heterocycles. The fourth-order valence-corrected chi connectivity index (χ4v) is 1.85. The van der Waals surface area contributed by atoms with Crippen LogP contribution in [0.4, 0.5) is 0 Å². The molecule has 1 aromatic rings. The van der Waals surface area contributed by atoms with Gasteiger partial charge in [0.15, 0.2) is 0 Å². The lowest BCUT2D eigenvalue weighted by Crippen LogP contribution is -2.37. The summed E-state index contributed by atoms with van der Waals surface area (Å²) >= 11 is 3.41. The molecule has 1 rings (SSSR count). The average Bonchev–Trinajstić information content (AvgIpc) is 2.78. The molecule has 0 spiro atoms. The molecule has 0 radical (unpaired) electrons. The monoisotopic (exact) mass is 287 g/mol. The van der Waals surface area contributed by atoms with Gasteiger partial charge in [0.25, 0.3) is 0 Å². The minimum absolute atomic E-state index is 0.0803. The van der Waals surface area contributed by atoms with Gasteiger partial charge >= 0.3 is 0 Å². The fraction of sp³-hybridized carbons (Fsp3) is 0.583. The Hall–Kier alpha value is -0.770. The van der Waals surface area contributed by atoms with Gasteiger partial charge in [0.2, 0.25) is 5.91 Å². The second-order valence-corrected chi connectivity index (χ2v) is 4.71. The van der Waals surface area contributed by atoms with Crippen molar-refractivity contribution in [1.29, 1.82) is 0 Å². The largest absolute Gasteiger partial charge is 0.469 e. The van der Waals surface area contributed by atoms with E-state index in [4.69, 9.17) is 4.42 Å². The lowest BCUT2D eigenvalue weighted by Gasteiger charge is -2.19. The number of halogens is 1. The van der Waals surface area contributed by atoms with Crippen molar-refractivity contribution in [3.63, 3.8) is 0 Å². The summed E-state index contributed by atoms with van der Waals surface area (Å²) in [6.07, 6.45) is 2.77. The van der Waals surface area contributed by atoms with E-state index in [1.54, 1.807) is 6.26 Å². The van der Waals surface area contributed by atoms with Crippen LogP contribution in [0.1, 0.15) is 26.0 Å². The number of alkyl halides is 1. The molecule has 0 saturated carbocycles. The van der Waals surface area contributed by atoms with Crippen LogP contribution >= 0.6 is 15.9 Å². The van der Waals surface area contributed by atoms with Crippen LogP contribution in [0.2, 0.25) is 0 Å². The number of hydrogen-bond acceptors (Lipinski definition) is 2. The van der Waals surface area contributed by atoms with Crippen molar-refractivity contribution in [1.82, 2.24) is 5.32 Å². The van der Waals surface area contributed by atoms with Crippen LogP contribution in [0.25, 0.3) is 0 Å². The Kier molecular flexibility index (Phi) is 5.60. The van der Waals surface area contributed by atoms with Crippen molar-refractivity contribution in [2.24, 2.45) is 5.92 Å². The van der Waals surface area contributed by atoms with Crippen LogP contribution in [0.3, 0.4) is 0 Å². The van der Waals surface area contributed by atoms with Gasteiger partial charge in [0.05, 0.1) is 6.26 Å². The Balaban J connectivity index is 2.25. The highest BCUT2D eigenvalue weighted by Crippen LogP contribution is 2.07. The van der Waals surface area contributed by atoms with Gasteiger partial charge in [-0.3, -0.25) is 4.79 Å². The molecule has 2 atom stereocenters. The molecule has 0 aliphatic rings. The van der Waals surface area contributed by atoms with Crippen molar-refractivity contribution >= 4 is 21.8 Å². The maximum atomic E-state index is 11.6. The molecule has 1 aromatic heterocycles. The zero-order valence-electron chi connectivity index (χ0n) is 9.70. The zero-order valence-corrected chi connectivity index (χ0v) is 11.3. The first-order valence-corrected chi connectivity index (χ1v) is 6.63. The summed E-state index contributed by atoms with van der Waals surface area (Å²) in [6, 6.07) is 3.92. The van der Waals surface area contributed by atoms with Gasteiger partial charge < -0.3 is 9.73 Å². The number of carbonyl (C=O) groups excluding carboxylic acids is 1. The SMILES string of the molecule is CC(CBr)C(C)NC(=O)CCc1ccco1. The number of amides is 1. The summed E-state index contributed by atoms with van der Waals surface area (Å²) in [5, 5.41) is 3.88. The van der Waals surface area contributed by atoms with E-state index in [0.717, 1.165) is 11.1 Å². The van der Waals surface area contributed by atoms with Crippen LogP contribution in [0, 0.1) is 5.92 Å². The topological polar surface area (TPSA) is 42.2 Å². The molecular weight excluding hydrogens is 270 g/mol. The minimum Gasteiger partial charge on any atom is -0.469 e. The van der Waals surface area contributed by atoms with Crippen molar-refractivity contribution in [2.75, 3.05) is 5.33 Å². The van der Waals surface area contributed by atoms with Gasteiger partial charge in [0, 0.05) is 24.2 Å². The molecule has 1 amide bonds. The molecule has 0 aliphatic heterocycles. The second kappa shape index (κ2) is 6.74. The number of nitrogens with one attached hydrogen (secondary N) is 1. The number of rotatable bonds is 6. The van der Waals surface area contributed by atoms with Crippen molar-refractivity contribution in [3.8, 4) is 0 Å². The van der Waals surface area contributed by atoms with E-state index >= 15 is 0 Å². The predicted octanol–water partition coefficient (Wildman–Crippen LogP) is 2.75. The van der Waals surface area contributed by atoms with Gasteiger partial charge in [0.1, 0.15) is 5.76 Å². The maximum Gasteiger partial charge on any atom is 0.220 e. The van der Waals surface area contributed by atoms with Crippen LogP contribution in [-0.2, 0) is 11.2 Å².